The molecule has 2 N–H and O–H groups in total. The zero-order valence-electron chi connectivity index (χ0n) is 13.4. The van der Waals surface area contributed by atoms with Crippen LogP contribution in [0.25, 0.3) is 0 Å². The van der Waals surface area contributed by atoms with Crippen LogP contribution >= 0.6 is 0 Å². The summed E-state index contributed by atoms with van der Waals surface area (Å²) in [6.07, 6.45) is 1.89. The van der Waals surface area contributed by atoms with Crippen LogP contribution in [0.2, 0.25) is 0 Å². The third-order valence-electron chi connectivity index (χ3n) is 2.87. The molecule has 1 rings (SSSR count). The van der Waals surface area contributed by atoms with E-state index in [1.54, 1.807) is 0 Å². The average molecular weight is 280 g/mol. The third kappa shape index (κ3) is 5.33. The van der Waals surface area contributed by atoms with E-state index in [-0.39, 0.29) is 0 Å². The molecule has 114 valence electrons. The minimum atomic E-state index is -0.746. The lowest BCUT2D eigenvalue weighted by Gasteiger charge is -2.29. The average Bonchev–Trinajstić information content (AvgIpc) is 2.35. The van der Waals surface area contributed by atoms with Crippen molar-refractivity contribution >= 4 is 11.6 Å². The van der Waals surface area contributed by atoms with Gasteiger partial charge in [0.25, 0.3) is 0 Å². The van der Waals surface area contributed by atoms with Gasteiger partial charge in [0.05, 0.1) is 5.60 Å². The highest BCUT2D eigenvalue weighted by Gasteiger charge is 2.19. The molecule has 1 heterocycles. The van der Waals surface area contributed by atoms with Crippen LogP contribution in [0.3, 0.4) is 0 Å². The van der Waals surface area contributed by atoms with E-state index in [0.717, 1.165) is 43.4 Å². The lowest BCUT2D eigenvalue weighted by molar-refractivity contribution is 0.0874. The highest BCUT2D eigenvalue weighted by Crippen LogP contribution is 2.19. The van der Waals surface area contributed by atoms with Crippen LogP contribution in [0.4, 0.5) is 11.6 Å². The second kappa shape index (κ2) is 7.43. The van der Waals surface area contributed by atoms with Gasteiger partial charge in [-0.2, -0.15) is 0 Å². The Morgan fingerprint density at radius 3 is 2.45 bits per heavy atom. The van der Waals surface area contributed by atoms with E-state index in [1.807, 2.05) is 19.9 Å². The van der Waals surface area contributed by atoms with Crippen molar-refractivity contribution in [3.8, 4) is 0 Å². The normalized spacial score (nSPS) is 11.5. The number of aromatic nitrogens is 2. The van der Waals surface area contributed by atoms with E-state index in [9.17, 15) is 5.11 Å². The Labute approximate surface area is 122 Å². The van der Waals surface area contributed by atoms with E-state index in [2.05, 4.69) is 41.0 Å². The number of nitrogens with zero attached hydrogens (tertiary/aromatic N) is 3. The Balaban J connectivity index is 3.06. The summed E-state index contributed by atoms with van der Waals surface area (Å²) in [7, 11) is 0. The molecule has 0 saturated heterocycles. The first-order chi connectivity index (χ1) is 9.39. The van der Waals surface area contributed by atoms with Crippen molar-refractivity contribution < 1.29 is 5.11 Å². The van der Waals surface area contributed by atoms with Crippen LogP contribution in [-0.2, 0) is 6.42 Å². The summed E-state index contributed by atoms with van der Waals surface area (Å²) >= 11 is 0. The van der Waals surface area contributed by atoms with Gasteiger partial charge in [-0.05, 0) is 34.1 Å². The first kappa shape index (κ1) is 16.7. The van der Waals surface area contributed by atoms with E-state index in [1.165, 1.54) is 0 Å². The fraction of sp³-hybridized carbons (Fsp3) is 0.733. The van der Waals surface area contributed by atoms with Crippen molar-refractivity contribution in [2.75, 3.05) is 29.9 Å². The lowest BCUT2D eigenvalue weighted by Crippen LogP contribution is -2.39. The summed E-state index contributed by atoms with van der Waals surface area (Å²) in [6.45, 7) is 12.1. The fourth-order valence-electron chi connectivity index (χ4n) is 2.07. The number of likely N-dealkylation sites (N-methyl/N-ethyl adjacent to an activating group) is 1. The molecule has 0 atom stereocenters. The Bertz CT molecular complexity index is 391. The van der Waals surface area contributed by atoms with Gasteiger partial charge in [-0.15, -0.1) is 0 Å². The topological polar surface area (TPSA) is 61.3 Å². The zero-order valence-corrected chi connectivity index (χ0v) is 13.4. The van der Waals surface area contributed by atoms with Crippen molar-refractivity contribution in [3.05, 3.63) is 11.9 Å². The molecule has 1 aromatic heterocycles. The number of hydrogen-bond donors (Lipinski definition) is 2. The number of aryl methyl sites for hydroxylation is 1. The Kier molecular flexibility index (Phi) is 6.20. The molecule has 0 aliphatic heterocycles. The predicted octanol–water partition coefficient (Wildman–Crippen LogP) is 2.46. The first-order valence-corrected chi connectivity index (χ1v) is 7.48. The molecule has 5 nitrogen and oxygen atoms in total. The van der Waals surface area contributed by atoms with Gasteiger partial charge in [-0.3, -0.25) is 0 Å². The van der Waals surface area contributed by atoms with E-state index in [4.69, 9.17) is 0 Å². The monoisotopic (exact) mass is 280 g/mol. The molecule has 0 fully saturated rings. The summed E-state index contributed by atoms with van der Waals surface area (Å²) in [5.41, 5.74) is -0.746. The van der Waals surface area contributed by atoms with Gasteiger partial charge in [0.15, 0.2) is 0 Å². The second-order valence-corrected chi connectivity index (χ2v) is 5.63. The highest BCUT2D eigenvalue weighted by molar-refractivity contribution is 5.49. The van der Waals surface area contributed by atoms with Crippen LogP contribution in [0.15, 0.2) is 6.07 Å². The summed E-state index contributed by atoms with van der Waals surface area (Å²) in [5.74, 6) is 2.59. The molecule has 5 heteroatoms. The van der Waals surface area contributed by atoms with Gasteiger partial charge in [0, 0.05) is 32.1 Å². The molecule has 20 heavy (non-hydrogen) atoms. The minimum absolute atomic E-state index is 0.553. The van der Waals surface area contributed by atoms with Gasteiger partial charge in [0.2, 0.25) is 0 Å². The summed E-state index contributed by atoms with van der Waals surface area (Å²) < 4.78 is 0. The van der Waals surface area contributed by atoms with Crippen LogP contribution in [0.5, 0.6) is 0 Å². The van der Waals surface area contributed by atoms with Gasteiger partial charge >= 0.3 is 0 Å². The number of rotatable bonds is 8. The SMILES string of the molecule is CCCc1nc(NCC)cc(N(CC)CC(C)(C)O)n1. The van der Waals surface area contributed by atoms with Gasteiger partial charge in [-0.1, -0.05) is 6.92 Å². The molecule has 0 aromatic carbocycles. The molecular weight excluding hydrogens is 252 g/mol. The van der Waals surface area contributed by atoms with Crippen molar-refractivity contribution in [2.24, 2.45) is 0 Å². The van der Waals surface area contributed by atoms with Crippen molar-refractivity contribution in [2.45, 2.75) is 53.1 Å². The molecule has 0 aliphatic carbocycles. The molecule has 0 amide bonds. The van der Waals surface area contributed by atoms with E-state index >= 15 is 0 Å². The molecule has 0 aliphatic rings. The van der Waals surface area contributed by atoms with Crippen molar-refractivity contribution in [3.63, 3.8) is 0 Å². The second-order valence-electron chi connectivity index (χ2n) is 5.63. The predicted molar refractivity (Wildman–Crippen MR) is 84.4 cm³/mol. The third-order valence-corrected chi connectivity index (χ3v) is 2.87. The van der Waals surface area contributed by atoms with Gasteiger partial charge in [0.1, 0.15) is 17.5 Å². The molecule has 0 spiro atoms. The molecule has 0 saturated carbocycles. The van der Waals surface area contributed by atoms with Crippen LogP contribution in [-0.4, -0.2) is 40.3 Å². The van der Waals surface area contributed by atoms with Crippen LogP contribution in [0, 0.1) is 0 Å². The summed E-state index contributed by atoms with van der Waals surface area (Å²) in [6, 6.07) is 1.96. The lowest BCUT2D eigenvalue weighted by atomic mass is 10.1. The van der Waals surface area contributed by atoms with Gasteiger partial charge < -0.3 is 15.3 Å². The van der Waals surface area contributed by atoms with E-state index < -0.39 is 5.60 Å². The van der Waals surface area contributed by atoms with Crippen molar-refractivity contribution in [1.82, 2.24) is 9.97 Å². The molecule has 1 aromatic rings. The Hall–Kier alpha value is -1.36. The van der Waals surface area contributed by atoms with E-state index in [0.29, 0.717) is 6.54 Å². The van der Waals surface area contributed by atoms with Gasteiger partial charge in [-0.25, -0.2) is 9.97 Å². The van der Waals surface area contributed by atoms with Crippen molar-refractivity contribution in [1.29, 1.82) is 0 Å². The Morgan fingerprint density at radius 1 is 1.25 bits per heavy atom. The molecule has 0 bridgehead atoms. The van der Waals surface area contributed by atoms with Crippen LogP contribution < -0.4 is 10.2 Å². The van der Waals surface area contributed by atoms with Crippen LogP contribution in [0.1, 0.15) is 46.9 Å². The minimum Gasteiger partial charge on any atom is -0.389 e. The maximum atomic E-state index is 10.0. The largest absolute Gasteiger partial charge is 0.389 e. The maximum Gasteiger partial charge on any atom is 0.134 e. The highest BCUT2D eigenvalue weighted by atomic mass is 16.3. The molecule has 0 unspecified atom stereocenters. The standard InChI is InChI=1S/C15H28N4O/c1-6-9-12-17-13(16-7-2)10-14(18-12)19(8-3)11-15(4,5)20/h10,20H,6-9,11H2,1-5H3,(H,16,17,18). The summed E-state index contributed by atoms with van der Waals surface area (Å²) in [5, 5.41) is 13.3. The number of nitrogens with one attached hydrogen (secondary N) is 1. The summed E-state index contributed by atoms with van der Waals surface area (Å²) in [4.78, 5) is 11.2. The quantitative estimate of drug-likeness (QED) is 0.766. The fourth-order valence-corrected chi connectivity index (χ4v) is 2.07. The Morgan fingerprint density at radius 2 is 1.95 bits per heavy atom. The number of anilines is 2. The smallest absolute Gasteiger partial charge is 0.134 e. The molecular formula is C15H28N4O. The maximum absolute atomic E-state index is 10.0. The zero-order chi connectivity index (χ0) is 15.2. The number of hydrogen-bond acceptors (Lipinski definition) is 5. The first-order valence-electron chi connectivity index (χ1n) is 7.48. The molecule has 0 radical (unpaired) electrons. The number of aliphatic hydroxyl groups is 1.